The molecule has 2 heterocycles. The van der Waals surface area contributed by atoms with Crippen LogP contribution in [0.1, 0.15) is 36.4 Å². The highest BCUT2D eigenvalue weighted by atomic mass is 16.1. The number of fused-ring (bicyclic) bond motifs is 1. The minimum atomic E-state index is -0.0178. The summed E-state index contributed by atoms with van der Waals surface area (Å²) in [5.41, 5.74) is 3.41. The molecule has 2 aromatic rings. The van der Waals surface area contributed by atoms with Crippen molar-refractivity contribution in [3.05, 3.63) is 59.9 Å². The Kier molecular flexibility index (Phi) is 3.86. The molecule has 0 bridgehead atoms. The zero-order valence-electron chi connectivity index (χ0n) is 12.0. The standard InChI is InChI=1S/C17H19N3O/c1-12(13-5-4-8-18-10-13)20-17(21)9-14-11-19-16-7-3-2-6-15(14)16/h2-8,10,12,14,19H,9,11H2,1H3,(H,20,21). The van der Waals surface area contributed by atoms with Gasteiger partial charge in [-0.1, -0.05) is 24.3 Å². The molecule has 108 valence electrons. The fraction of sp³-hybridized carbons (Fsp3) is 0.294. The number of aromatic nitrogens is 1. The van der Waals surface area contributed by atoms with Gasteiger partial charge in [0.2, 0.25) is 5.91 Å². The van der Waals surface area contributed by atoms with Crippen molar-refractivity contribution in [1.29, 1.82) is 0 Å². The fourth-order valence-electron chi connectivity index (χ4n) is 2.78. The van der Waals surface area contributed by atoms with Crippen LogP contribution in [0.15, 0.2) is 48.8 Å². The summed E-state index contributed by atoms with van der Waals surface area (Å²) in [6.45, 7) is 2.81. The summed E-state index contributed by atoms with van der Waals surface area (Å²) >= 11 is 0. The summed E-state index contributed by atoms with van der Waals surface area (Å²) in [5.74, 6) is 0.331. The summed E-state index contributed by atoms with van der Waals surface area (Å²) in [7, 11) is 0. The first kappa shape index (κ1) is 13.6. The second kappa shape index (κ2) is 5.95. The van der Waals surface area contributed by atoms with Gasteiger partial charge < -0.3 is 10.6 Å². The maximum Gasteiger partial charge on any atom is 0.221 e. The van der Waals surface area contributed by atoms with Crippen LogP contribution in [0, 0.1) is 0 Å². The van der Waals surface area contributed by atoms with E-state index in [1.165, 1.54) is 5.56 Å². The van der Waals surface area contributed by atoms with Crippen LogP contribution in [0.25, 0.3) is 0 Å². The Bertz CT molecular complexity index is 627. The van der Waals surface area contributed by atoms with Crippen molar-refractivity contribution >= 4 is 11.6 Å². The van der Waals surface area contributed by atoms with Gasteiger partial charge in [0.25, 0.3) is 0 Å². The number of carbonyl (C=O) groups is 1. The molecule has 1 aliphatic heterocycles. The van der Waals surface area contributed by atoms with Gasteiger partial charge in [0.15, 0.2) is 0 Å². The van der Waals surface area contributed by atoms with Crippen LogP contribution < -0.4 is 10.6 Å². The third kappa shape index (κ3) is 3.05. The Morgan fingerprint density at radius 3 is 3.05 bits per heavy atom. The number of hydrogen-bond donors (Lipinski definition) is 2. The van der Waals surface area contributed by atoms with Gasteiger partial charge in [-0.2, -0.15) is 0 Å². The van der Waals surface area contributed by atoms with Crippen LogP contribution in [-0.4, -0.2) is 17.4 Å². The summed E-state index contributed by atoms with van der Waals surface area (Å²) in [6, 6.07) is 12.0. The predicted molar refractivity (Wildman–Crippen MR) is 83.1 cm³/mol. The van der Waals surface area contributed by atoms with Crippen molar-refractivity contribution in [3.63, 3.8) is 0 Å². The monoisotopic (exact) mass is 281 g/mol. The Labute approximate surface area is 124 Å². The van der Waals surface area contributed by atoms with Crippen LogP contribution >= 0.6 is 0 Å². The van der Waals surface area contributed by atoms with E-state index in [4.69, 9.17) is 0 Å². The van der Waals surface area contributed by atoms with E-state index in [1.807, 2.05) is 31.2 Å². The lowest BCUT2D eigenvalue weighted by Gasteiger charge is -2.16. The first-order valence-corrected chi connectivity index (χ1v) is 7.26. The number of nitrogens with one attached hydrogen (secondary N) is 2. The van der Waals surface area contributed by atoms with Gasteiger partial charge >= 0.3 is 0 Å². The summed E-state index contributed by atoms with van der Waals surface area (Å²) in [4.78, 5) is 16.3. The third-order valence-corrected chi connectivity index (χ3v) is 3.93. The van der Waals surface area contributed by atoms with Crippen molar-refractivity contribution in [2.45, 2.75) is 25.3 Å². The Hall–Kier alpha value is -2.36. The molecule has 1 amide bonds. The Morgan fingerprint density at radius 2 is 2.24 bits per heavy atom. The molecular formula is C17H19N3O. The Morgan fingerprint density at radius 1 is 1.38 bits per heavy atom. The molecule has 0 saturated heterocycles. The van der Waals surface area contributed by atoms with Crippen LogP contribution in [0.5, 0.6) is 0 Å². The molecule has 4 heteroatoms. The molecule has 4 nitrogen and oxygen atoms in total. The van der Waals surface area contributed by atoms with Gasteiger partial charge in [0.1, 0.15) is 0 Å². The Balaban J connectivity index is 1.61. The second-order valence-electron chi connectivity index (χ2n) is 5.44. The maximum absolute atomic E-state index is 12.2. The van der Waals surface area contributed by atoms with E-state index in [-0.39, 0.29) is 17.9 Å². The van der Waals surface area contributed by atoms with Crippen LogP contribution in [0.3, 0.4) is 0 Å². The number of nitrogens with zero attached hydrogens (tertiary/aromatic N) is 1. The van der Waals surface area contributed by atoms with E-state index in [2.05, 4.69) is 27.8 Å². The maximum atomic E-state index is 12.2. The van der Waals surface area contributed by atoms with E-state index in [0.29, 0.717) is 6.42 Å². The highest BCUT2D eigenvalue weighted by Crippen LogP contribution is 2.33. The predicted octanol–water partition coefficient (Wildman–Crippen LogP) is 2.86. The number of para-hydroxylation sites is 1. The number of benzene rings is 1. The lowest BCUT2D eigenvalue weighted by molar-refractivity contribution is -0.122. The van der Waals surface area contributed by atoms with E-state index < -0.39 is 0 Å². The molecule has 2 unspecified atom stereocenters. The van der Waals surface area contributed by atoms with Crippen molar-refractivity contribution in [2.75, 3.05) is 11.9 Å². The molecule has 2 atom stereocenters. The van der Waals surface area contributed by atoms with Gasteiger partial charge in [-0.05, 0) is 30.2 Å². The number of rotatable bonds is 4. The molecule has 1 aromatic carbocycles. The molecule has 1 aromatic heterocycles. The fourth-order valence-corrected chi connectivity index (χ4v) is 2.78. The summed E-state index contributed by atoms with van der Waals surface area (Å²) < 4.78 is 0. The molecule has 2 N–H and O–H groups in total. The normalized spacial score (nSPS) is 17.7. The average molecular weight is 281 g/mol. The zero-order chi connectivity index (χ0) is 14.7. The molecule has 0 aliphatic carbocycles. The van der Waals surface area contributed by atoms with Crippen molar-refractivity contribution in [3.8, 4) is 0 Å². The van der Waals surface area contributed by atoms with E-state index >= 15 is 0 Å². The first-order valence-electron chi connectivity index (χ1n) is 7.26. The lowest BCUT2D eigenvalue weighted by Crippen LogP contribution is -2.28. The van der Waals surface area contributed by atoms with Crippen molar-refractivity contribution < 1.29 is 4.79 Å². The van der Waals surface area contributed by atoms with Gasteiger partial charge in [0, 0.05) is 37.0 Å². The zero-order valence-corrected chi connectivity index (χ0v) is 12.0. The topological polar surface area (TPSA) is 54.0 Å². The SMILES string of the molecule is CC(NC(=O)CC1CNc2ccccc21)c1cccnc1. The lowest BCUT2D eigenvalue weighted by atomic mass is 9.97. The van der Waals surface area contributed by atoms with Crippen molar-refractivity contribution in [2.24, 2.45) is 0 Å². The number of hydrogen-bond acceptors (Lipinski definition) is 3. The highest BCUT2D eigenvalue weighted by Gasteiger charge is 2.24. The molecule has 1 aliphatic rings. The number of carbonyl (C=O) groups excluding carboxylic acids is 1. The van der Waals surface area contributed by atoms with Crippen LogP contribution in [0.4, 0.5) is 5.69 Å². The smallest absolute Gasteiger partial charge is 0.221 e. The number of anilines is 1. The van der Waals surface area contributed by atoms with Crippen LogP contribution in [0.2, 0.25) is 0 Å². The summed E-state index contributed by atoms with van der Waals surface area (Å²) in [6.07, 6.45) is 4.03. The quantitative estimate of drug-likeness (QED) is 0.906. The van der Waals surface area contributed by atoms with Gasteiger partial charge in [-0.25, -0.2) is 0 Å². The van der Waals surface area contributed by atoms with Crippen molar-refractivity contribution in [1.82, 2.24) is 10.3 Å². The number of pyridine rings is 1. The molecule has 3 rings (SSSR count). The van der Waals surface area contributed by atoms with Gasteiger partial charge in [-0.3, -0.25) is 9.78 Å². The minimum absolute atomic E-state index is 0.0178. The second-order valence-corrected chi connectivity index (χ2v) is 5.44. The largest absolute Gasteiger partial charge is 0.384 e. The van der Waals surface area contributed by atoms with E-state index in [0.717, 1.165) is 17.8 Å². The molecule has 21 heavy (non-hydrogen) atoms. The molecule has 0 fully saturated rings. The number of amides is 1. The van der Waals surface area contributed by atoms with Gasteiger partial charge in [0.05, 0.1) is 6.04 Å². The molecule has 0 radical (unpaired) electrons. The first-order chi connectivity index (χ1) is 10.2. The average Bonchev–Trinajstić information content (AvgIpc) is 2.91. The molecular weight excluding hydrogens is 262 g/mol. The molecule has 0 saturated carbocycles. The summed E-state index contributed by atoms with van der Waals surface area (Å²) in [5, 5.41) is 6.40. The minimum Gasteiger partial charge on any atom is -0.384 e. The molecule has 0 spiro atoms. The van der Waals surface area contributed by atoms with Crippen LogP contribution in [-0.2, 0) is 4.79 Å². The highest BCUT2D eigenvalue weighted by molar-refractivity contribution is 5.78. The van der Waals surface area contributed by atoms with E-state index in [9.17, 15) is 4.79 Å². The third-order valence-electron chi connectivity index (χ3n) is 3.93. The van der Waals surface area contributed by atoms with Gasteiger partial charge in [-0.15, -0.1) is 0 Å². The van der Waals surface area contributed by atoms with E-state index in [1.54, 1.807) is 12.4 Å².